The Hall–Kier alpha value is -1.35. The Kier molecular flexibility index (Phi) is 3.86. The maximum Gasteiger partial charge on any atom is 0.415 e. The molecule has 18 heavy (non-hydrogen) atoms. The number of nitrogens with two attached hydrogens (primary N) is 1. The lowest BCUT2D eigenvalue weighted by Crippen LogP contribution is -2.66. The van der Waals surface area contributed by atoms with Gasteiger partial charge in [-0.2, -0.15) is 13.2 Å². The van der Waals surface area contributed by atoms with Gasteiger partial charge in [-0.25, -0.2) is 4.79 Å². The first-order valence-corrected chi connectivity index (χ1v) is 5.06. The number of rotatable bonds is 2. The molecule has 1 amide bonds. The number of ether oxygens (including phenoxy) is 1. The topological polar surface area (TPSA) is 92.9 Å². The number of aliphatic carboxylic acids is 1. The summed E-state index contributed by atoms with van der Waals surface area (Å²) >= 11 is 0. The first-order valence-electron chi connectivity index (χ1n) is 5.06. The Labute approximate surface area is 100 Å². The summed E-state index contributed by atoms with van der Waals surface area (Å²) in [6.45, 7) is -0.0964. The highest BCUT2D eigenvalue weighted by molar-refractivity contribution is 5.90. The number of alkyl halides is 3. The van der Waals surface area contributed by atoms with Crippen LogP contribution < -0.4 is 5.73 Å². The molecule has 0 aromatic heterocycles. The Bertz CT molecular complexity index is 356. The number of morpholine rings is 1. The van der Waals surface area contributed by atoms with Crippen molar-refractivity contribution < 1.29 is 32.6 Å². The van der Waals surface area contributed by atoms with Crippen molar-refractivity contribution in [2.24, 2.45) is 5.73 Å². The van der Waals surface area contributed by atoms with Gasteiger partial charge in [-0.15, -0.1) is 0 Å². The van der Waals surface area contributed by atoms with E-state index in [4.69, 9.17) is 15.6 Å². The molecule has 2 unspecified atom stereocenters. The smallest absolute Gasteiger partial charge is 0.415 e. The molecule has 2 atom stereocenters. The van der Waals surface area contributed by atoms with Crippen molar-refractivity contribution in [3.63, 3.8) is 0 Å². The fourth-order valence-electron chi connectivity index (χ4n) is 1.47. The van der Waals surface area contributed by atoms with Gasteiger partial charge in [-0.3, -0.25) is 4.79 Å². The van der Waals surface area contributed by atoms with E-state index in [1.54, 1.807) is 0 Å². The lowest BCUT2D eigenvalue weighted by molar-refractivity contribution is -0.199. The molecule has 0 saturated carbocycles. The highest BCUT2D eigenvalue weighted by atomic mass is 19.4. The van der Waals surface area contributed by atoms with Crippen LogP contribution in [0.25, 0.3) is 0 Å². The number of nitrogens with zero attached hydrogens (tertiary/aromatic N) is 1. The maximum atomic E-state index is 12.6. The van der Waals surface area contributed by atoms with E-state index in [9.17, 15) is 22.8 Å². The summed E-state index contributed by atoms with van der Waals surface area (Å²) in [6, 6.07) is -1.45. The summed E-state index contributed by atoms with van der Waals surface area (Å²) < 4.78 is 42.7. The Balaban J connectivity index is 2.97. The van der Waals surface area contributed by atoms with Crippen LogP contribution in [0.2, 0.25) is 0 Å². The minimum atomic E-state index is -4.95. The van der Waals surface area contributed by atoms with E-state index in [2.05, 4.69) is 0 Å². The lowest BCUT2D eigenvalue weighted by Gasteiger charge is -2.38. The van der Waals surface area contributed by atoms with Crippen LogP contribution in [0.3, 0.4) is 0 Å². The van der Waals surface area contributed by atoms with Gasteiger partial charge in [0.25, 0.3) is 5.91 Å². The molecule has 1 rings (SSSR count). The summed E-state index contributed by atoms with van der Waals surface area (Å²) in [5, 5.41) is 8.83. The first-order chi connectivity index (χ1) is 8.09. The molecule has 0 bridgehead atoms. The van der Waals surface area contributed by atoms with E-state index in [-0.39, 0.29) is 19.8 Å². The second-order valence-corrected chi connectivity index (χ2v) is 4.13. The Morgan fingerprint density at radius 3 is 2.44 bits per heavy atom. The monoisotopic (exact) mass is 270 g/mol. The number of carboxylic acid groups (broad SMARTS) is 1. The minimum Gasteiger partial charge on any atom is -0.480 e. The quantitative estimate of drug-likeness (QED) is 0.710. The van der Waals surface area contributed by atoms with Gasteiger partial charge in [0.1, 0.15) is 0 Å². The minimum absolute atomic E-state index is 0.0243. The van der Waals surface area contributed by atoms with Crippen LogP contribution in [0.5, 0.6) is 0 Å². The SMILES string of the molecule is CC(N)(C(=O)N1CCOCC1C(=O)O)C(F)(F)F. The standard InChI is InChI=1S/C9H13F3N2O4/c1-8(13,9(10,11)12)7(17)14-2-3-18-4-5(14)6(15)16/h5H,2-4,13H2,1H3,(H,15,16). The van der Waals surface area contributed by atoms with E-state index < -0.39 is 29.6 Å². The molecule has 1 aliphatic rings. The normalized spacial score (nSPS) is 24.5. The van der Waals surface area contributed by atoms with Gasteiger partial charge < -0.3 is 20.5 Å². The molecule has 1 saturated heterocycles. The van der Waals surface area contributed by atoms with Crippen molar-refractivity contribution in [2.75, 3.05) is 19.8 Å². The molecular formula is C9H13F3N2O4. The number of hydrogen-bond acceptors (Lipinski definition) is 4. The van der Waals surface area contributed by atoms with E-state index in [0.717, 1.165) is 0 Å². The number of amides is 1. The van der Waals surface area contributed by atoms with Crippen LogP contribution in [0.4, 0.5) is 13.2 Å². The van der Waals surface area contributed by atoms with Crippen molar-refractivity contribution in [1.29, 1.82) is 0 Å². The highest BCUT2D eigenvalue weighted by Gasteiger charge is 2.56. The average molecular weight is 270 g/mol. The summed E-state index contributed by atoms with van der Waals surface area (Å²) in [7, 11) is 0. The zero-order valence-corrected chi connectivity index (χ0v) is 9.53. The number of carbonyl (C=O) groups is 2. The molecular weight excluding hydrogens is 257 g/mol. The molecule has 0 radical (unpaired) electrons. The zero-order valence-electron chi connectivity index (χ0n) is 9.53. The Morgan fingerprint density at radius 1 is 1.44 bits per heavy atom. The third-order valence-electron chi connectivity index (χ3n) is 2.71. The van der Waals surface area contributed by atoms with Gasteiger partial charge in [-0.1, -0.05) is 0 Å². The van der Waals surface area contributed by atoms with E-state index in [0.29, 0.717) is 11.8 Å². The zero-order chi connectivity index (χ0) is 14.1. The number of hydrogen-bond donors (Lipinski definition) is 2. The fraction of sp³-hybridized carbons (Fsp3) is 0.778. The van der Waals surface area contributed by atoms with Gasteiger partial charge in [-0.05, 0) is 6.92 Å². The molecule has 6 nitrogen and oxygen atoms in total. The van der Waals surface area contributed by atoms with Gasteiger partial charge in [0, 0.05) is 6.54 Å². The van der Waals surface area contributed by atoms with Crippen molar-refractivity contribution in [2.45, 2.75) is 24.7 Å². The molecule has 1 aliphatic heterocycles. The van der Waals surface area contributed by atoms with Gasteiger partial charge >= 0.3 is 12.1 Å². The molecule has 1 heterocycles. The highest BCUT2D eigenvalue weighted by Crippen LogP contribution is 2.30. The van der Waals surface area contributed by atoms with Gasteiger partial charge in [0.05, 0.1) is 13.2 Å². The van der Waals surface area contributed by atoms with Crippen molar-refractivity contribution in [3.05, 3.63) is 0 Å². The second kappa shape index (κ2) is 4.73. The van der Waals surface area contributed by atoms with Crippen LogP contribution in [0.1, 0.15) is 6.92 Å². The van der Waals surface area contributed by atoms with Crippen molar-refractivity contribution in [3.8, 4) is 0 Å². The van der Waals surface area contributed by atoms with Crippen molar-refractivity contribution in [1.82, 2.24) is 4.90 Å². The predicted molar refractivity (Wildman–Crippen MR) is 52.6 cm³/mol. The van der Waals surface area contributed by atoms with Crippen LogP contribution in [-0.2, 0) is 14.3 Å². The first kappa shape index (κ1) is 14.7. The predicted octanol–water partition coefficient (Wildman–Crippen LogP) is -0.422. The van der Waals surface area contributed by atoms with Crippen LogP contribution in [-0.4, -0.2) is 59.4 Å². The Morgan fingerprint density at radius 2 is 2.00 bits per heavy atom. The third kappa shape index (κ3) is 2.56. The number of carbonyl (C=O) groups excluding carboxylic acids is 1. The summed E-state index contributed by atoms with van der Waals surface area (Å²) in [5.74, 6) is -2.90. The molecule has 0 aromatic rings. The van der Waals surface area contributed by atoms with E-state index in [1.807, 2.05) is 0 Å². The summed E-state index contributed by atoms with van der Waals surface area (Å²) in [6.07, 6.45) is -4.95. The number of halogens is 3. The van der Waals surface area contributed by atoms with Gasteiger partial charge in [0.15, 0.2) is 11.6 Å². The molecule has 3 N–H and O–H groups in total. The van der Waals surface area contributed by atoms with E-state index in [1.165, 1.54) is 0 Å². The van der Waals surface area contributed by atoms with Crippen molar-refractivity contribution >= 4 is 11.9 Å². The van der Waals surface area contributed by atoms with Crippen LogP contribution in [0, 0.1) is 0 Å². The van der Waals surface area contributed by atoms with E-state index >= 15 is 0 Å². The lowest BCUT2D eigenvalue weighted by atomic mass is 9.99. The third-order valence-corrected chi connectivity index (χ3v) is 2.71. The number of carboxylic acids is 1. The molecule has 0 spiro atoms. The molecule has 1 fully saturated rings. The van der Waals surface area contributed by atoms with Crippen LogP contribution >= 0.6 is 0 Å². The second-order valence-electron chi connectivity index (χ2n) is 4.13. The van der Waals surface area contributed by atoms with Crippen LogP contribution in [0.15, 0.2) is 0 Å². The average Bonchev–Trinajstić information content (AvgIpc) is 2.26. The fourth-order valence-corrected chi connectivity index (χ4v) is 1.47. The molecule has 9 heteroatoms. The van der Waals surface area contributed by atoms with Gasteiger partial charge in [0.2, 0.25) is 0 Å². The maximum absolute atomic E-state index is 12.6. The summed E-state index contributed by atoms with van der Waals surface area (Å²) in [5.41, 5.74) is 1.87. The molecule has 0 aromatic carbocycles. The largest absolute Gasteiger partial charge is 0.480 e. The molecule has 0 aliphatic carbocycles. The molecule has 104 valence electrons. The summed E-state index contributed by atoms with van der Waals surface area (Å²) in [4.78, 5) is 23.2.